The van der Waals surface area contributed by atoms with Crippen LogP contribution in [-0.2, 0) is 6.42 Å². The zero-order chi connectivity index (χ0) is 21.5. The van der Waals surface area contributed by atoms with Crippen LogP contribution in [0.1, 0.15) is 41.6 Å². The number of aromatic nitrogens is 1. The van der Waals surface area contributed by atoms with Gasteiger partial charge in [-0.15, -0.1) is 0 Å². The molecule has 3 heterocycles. The summed E-state index contributed by atoms with van der Waals surface area (Å²) in [7, 11) is 2.23. The van der Waals surface area contributed by atoms with Gasteiger partial charge in [0.1, 0.15) is 0 Å². The number of amides is 1. The van der Waals surface area contributed by atoms with Crippen molar-refractivity contribution in [3.8, 4) is 0 Å². The van der Waals surface area contributed by atoms with Crippen LogP contribution in [0.25, 0.3) is 10.9 Å². The van der Waals surface area contributed by atoms with Gasteiger partial charge in [0.15, 0.2) is 0 Å². The lowest BCUT2D eigenvalue weighted by atomic mass is 9.95. The minimum absolute atomic E-state index is 0.0261. The number of nitrogens with zero attached hydrogens (tertiary/aromatic N) is 2. The lowest BCUT2D eigenvalue weighted by molar-refractivity contribution is 0.0488. The molecule has 3 atom stereocenters. The van der Waals surface area contributed by atoms with Crippen LogP contribution in [0.3, 0.4) is 0 Å². The van der Waals surface area contributed by atoms with Crippen LogP contribution in [0.5, 0.6) is 0 Å². The maximum Gasteiger partial charge on any atom is 0.254 e. The van der Waals surface area contributed by atoms with Crippen LogP contribution in [0, 0.1) is 0 Å². The number of aromatic amines is 1. The van der Waals surface area contributed by atoms with E-state index in [0.29, 0.717) is 34.2 Å². The average Bonchev–Trinajstić information content (AvgIpc) is 3.23. The molecule has 2 aliphatic heterocycles. The Morgan fingerprint density at radius 1 is 1.10 bits per heavy atom. The van der Waals surface area contributed by atoms with Crippen molar-refractivity contribution in [1.29, 1.82) is 0 Å². The Morgan fingerprint density at radius 3 is 2.48 bits per heavy atom. The fourth-order valence-corrected chi connectivity index (χ4v) is 6.04. The van der Waals surface area contributed by atoms with E-state index in [2.05, 4.69) is 46.2 Å². The van der Waals surface area contributed by atoms with Crippen LogP contribution in [0.15, 0.2) is 48.7 Å². The molecule has 2 aromatic carbocycles. The molecular formula is C25H27Cl2N3O. The van der Waals surface area contributed by atoms with E-state index in [1.54, 1.807) is 18.2 Å². The molecule has 1 unspecified atom stereocenters. The quantitative estimate of drug-likeness (QED) is 0.528. The highest BCUT2D eigenvalue weighted by Crippen LogP contribution is 2.37. The molecule has 0 saturated carbocycles. The standard InChI is InChI=1S/C25H27Cl2N3O/c1-29-20-6-7-21(29)14-22(13-20)30(25(31)17-10-18(26)12-19(27)11-17)9-8-16-15-28-24-5-3-2-4-23(16)24/h2-5,10-12,15,20-22,28H,6-9,13-14H2,1H3/t20-,21+,22?. The van der Waals surface area contributed by atoms with Gasteiger partial charge in [0.25, 0.3) is 5.91 Å². The van der Waals surface area contributed by atoms with Crippen LogP contribution >= 0.6 is 23.2 Å². The number of para-hydroxylation sites is 1. The first-order chi connectivity index (χ1) is 15.0. The van der Waals surface area contributed by atoms with E-state index in [0.717, 1.165) is 24.8 Å². The number of halogens is 2. The molecule has 1 N–H and O–H groups in total. The number of fused-ring (bicyclic) bond motifs is 3. The summed E-state index contributed by atoms with van der Waals surface area (Å²) in [4.78, 5) is 21.6. The number of carbonyl (C=O) groups excluding carboxylic acids is 1. The Balaban J connectivity index is 1.43. The molecule has 2 aliphatic rings. The second-order valence-corrected chi connectivity index (χ2v) is 9.81. The molecule has 2 fully saturated rings. The largest absolute Gasteiger partial charge is 0.361 e. The van der Waals surface area contributed by atoms with Crippen molar-refractivity contribution < 1.29 is 4.79 Å². The first-order valence-corrected chi connectivity index (χ1v) is 11.8. The third kappa shape index (κ3) is 4.09. The number of piperidine rings is 1. The summed E-state index contributed by atoms with van der Waals surface area (Å²) < 4.78 is 0. The molecule has 1 amide bonds. The van der Waals surface area contributed by atoms with Crippen molar-refractivity contribution >= 4 is 40.0 Å². The highest BCUT2D eigenvalue weighted by molar-refractivity contribution is 6.35. The zero-order valence-electron chi connectivity index (χ0n) is 17.7. The lowest BCUT2D eigenvalue weighted by Crippen LogP contribution is -2.51. The topological polar surface area (TPSA) is 39.3 Å². The fourth-order valence-electron chi connectivity index (χ4n) is 5.51. The Labute approximate surface area is 193 Å². The van der Waals surface area contributed by atoms with Crippen LogP contribution in [-0.4, -0.2) is 52.4 Å². The number of carbonyl (C=O) groups is 1. The summed E-state index contributed by atoms with van der Waals surface area (Å²) in [6.07, 6.45) is 7.39. The Bertz CT molecular complexity index is 1080. The molecule has 1 aromatic heterocycles. The molecular weight excluding hydrogens is 429 g/mol. The Hall–Kier alpha value is -2.01. The van der Waals surface area contributed by atoms with Crippen molar-refractivity contribution in [3.63, 3.8) is 0 Å². The van der Waals surface area contributed by atoms with Gasteiger partial charge in [-0.25, -0.2) is 0 Å². The molecule has 3 aromatic rings. The van der Waals surface area contributed by atoms with Crippen LogP contribution < -0.4 is 0 Å². The van der Waals surface area contributed by atoms with Gasteiger partial charge in [-0.1, -0.05) is 41.4 Å². The maximum atomic E-state index is 13.7. The number of H-pyrrole nitrogens is 1. The summed E-state index contributed by atoms with van der Waals surface area (Å²) in [5, 5.41) is 2.22. The summed E-state index contributed by atoms with van der Waals surface area (Å²) in [6.45, 7) is 0.679. The number of nitrogens with one attached hydrogen (secondary N) is 1. The summed E-state index contributed by atoms with van der Waals surface area (Å²) in [5.74, 6) is 0.0261. The predicted molar refractivity (Wildman–Crippen MR) is 127 cm³/mol. The predicted octanol–water partition coefficient (Wildman–Crippen LogP) is 5.78. The van der Waals surface area contributed by atoms with Crippen molar-refractivity contribution in [2.75, 3.05) is 13.6 Å². The average molecular weight is 456 g/mol. The van der Waals surface area contributed by atoms with E-state index in [1.807, 2.05) is 6.07 Å². The number of hydrogen-bond donors (Lipinski definition) is 1. The molecule has 2 bridgehead atoms. The third-order valence-corrected chi connectivity index (χ3v) is 7.62. The van der Waals surface area contributed by atoms with Crippen LogP contribution in [0.2, 0.25) is 10.0 Å². The van der Waals surface area contributed by atoms with Gasteiger partial charge >= 0.3 is 0 Å². The molecule has 0 spiro atoms. The molecule has 4 nitrogen and oxygen atoms in total. The maximum absolute atomic E-state index is 13.7. The Morgan fingerprint density at radius 2 is 1.77 bits per heavy atom. The van der Waals surface area contributed by atoms with Gasteiger partial charge in [-0.05, 0) is 69.0 Å². The highest BCUT2D eigenvalue weighted by Gasteiger charge is 2.41. The van der Waals surface area contributed by atoms with Crippen molar-refractivity contribution in [2.24, 2.45) is 0 Å². The van der Waals surface area contributed by atoms with Crippen molar-refractivity contribution in [1.82, 2.24) is 14.8 Å². The van der Waals surface area contributed by atoms with Gasteiger partial charge in [0, 0.05) is 57.4 Å². The zero-order valence-corrected chi connectivity index (χ0v) is 19.2. The second-order valence-electron chi connectivity index (χ2n) is 8.94. The summed E-state index contributed by atoms with van der Waals surface area (Å²) in [6, 6.07) is 14.8. The van der Waals surface area contributed by atoms with Crippen molar-refractivity contribution in [3.05, 3.63) is 69.8 Å². The van der Waals surface area contributed by atoms with E-state index in [4.69, 9.17) is 23.2 Å². The van der Waals surface area contributed by atoms with Crippen molar-refractivity contribution in [2.45, 2.75) is 50.2 Å². The normalized spacial score (nSPS) is 23.4. The third-order valence-electron chi connectivity index (χ3n) is 7.18. The SMILES string of the molecule is CN1[C@@H]2CC[C@H]1CC(N(CCc1c[nH]c3ccccc13)C(=O)c1cc(Cl)cc(Cl)c1)C2. The second kappa shape index (κ2) is 8.50. The first kappa shape index (κ1) is 20.9. The molecule has 6 heteroatoms. The molecule has 31 heavy (non-hydrogen) atoms. The van der Waals surface area contributed by atoms with Gasteiger partial charge in [0.2, 0.25) is 0 Å². The molecule has 0 radical (unpaired) electrons. The van der Waals surface area contributed by atoms with Gasteiger partial charge in [-0.2, -0.15) is 0 Å². The van der Waals surface area contributed by atoms with E-state index in [-0.39, 0.29) is 11.9 Å². The number of hydrogen-bond acceptors (Lipinski definition) is 2. The molecule has 0 aliphatic carbocycles. The van der Waals surface area contributed by atoms with E-state index >= 15 is 0 Å². The smallest absolute Gasteiger partial charge is 0.254 e. The minimum atomic E-state index is 0.0261. The molecule has 162 valence electrons. The monoisotopic (exact) mass is 455 g/mol. The minimum Gasteiger partial charge on any atom is -0.361 e. The Kier molecular flexibility index (Phi) is 5.72. The van der Waals surface area contributed by atoms with Crippen LogP contribution in [0.4, 0.5) is 0 Å². The van der Waals surface area contributed by atoms with Gasteiger partial charge in [-0.3, -0.25) is 4.79 Å². The summed E-state index contributed by atoms with van der Waals surface area (Å²) >= 11 is 12.4. The first-order valence-electron chi connectivity index (χ1n) is 11.0. The number of rotatable bonds is 5. The van der Waals surface area contributed by atoms with E-state index in [9.17, 15) is 4.79 Å². The summed E-state index contributed by atoms with van der Waals surface area (Å²) in [5.41, 5.74) is 2.95. The lowest BCUT2D eigenvalue weighted by Gasteiger charge is -2.42. The van der Waals surface area contributed by atoms with Gasteiger partial charge < -0.3 is 14.8 Å². The molecule has 2 saturated heterocycles. The van der Waals surface area contributed by atoms with E-state index in [1.165, 1.54) is 23.8 Å². The van der Waals surface area contributed by atoms with Gasteiger partial charge in [0.05, 0.1) is 0 Å². The van der Waals surface area contributed by atoms with E-state index < -0.39 is 0 Å². The molecule has 5 rings (SSSR count). The number of benzene rings is 2. The highest BCUT2D eigenvalue weighted by atomic mass is 35.5. The fraction of sp³-hybridized carbons (Fsp3) is 0.400.